The number of hydrogen-bond acceptors (Lipinski definition) is 6. The minimum atomic E-state index is -0.539. The molecule has 0 fully saturated rings. The molecule has 0 bridgehead atoms. The SMILES string of the molecule is COC(=O)CNC(=O)c1cc(Oc2ccc(N)cc2)ccn1. The van der Waals surface area contributed by atoms with Crippen molar-refractivity contribution < 1.29 is 19.1 Å². The number of esters is 1. The number of aromatic nitrogens is 1. The number of nitrogens with zero attached hydrogens (tertiary/aromatic N) is 1. The van der Waals surface area contributed by atoms with Crippen molar-refractivity contribution in [3.05, 3.63) is 48.3 Å². The van der Waals surface area contributed by atoms with Crippen molar-refractivity contribution in [3.8, 4) is 11.5 Å². The second-order valence-electron chi connectivity index (χ2n) is 4.31. The number of anilines is 1. The van der Waals surface area contributed by atoms with Crippen molar-refractivity contribution in [3.63, 3.8) is 0 Å². The quantitative estimate of drug-likeness (QED) is 0.638. The van der Waals surface area contributed by atoms with Crippen LogP contribution in [0.5, 0.6) is 11.5 Å². The first kappa shape index (κ1) is 15.3. The minimum Gasteiger partial charge on any atom is -0.468 e. The standard InChI is InChI=1S/C15H15N3O4/c1-21-14(19)9-18-15(20)13-8-12(6-7-17-13)22-11-4-2-10(16)3-5-11/h2-8H,9,16H2,1H3,(H,18,20). The van der Waals surface area contributed by atoms with Crippen LogP contribution in [0, 0.1) is 0 Å². The van der Waals surface area contributed by atoms with Gasteiger partial charge in [0.15, 0.2) is 0 Å². The highest BCUT2D eigenvalue weighted by Crippen LogP contribution is 2.22. The van der Waals surface area contributed by atoms with Gasteiger partial charge in [-0.15, -0.1) is 0 Å². The smallest absolute Gasteiger partial charge is 0.325 e. The Morgan fingerprint density at radius 2 is 1.91 bits per heavy atom. The fourth-order valence-corrected chi connectivity index (χ4v) is 1.59. The summed E-state index contributed by atoms with van der Waals surface area (Å²) < 4.78 is 10.0. The highest BCUT2D eigenvalue weighted by Gasteiger charge is 2.10. The van der Waals surface area contributed by atoms with Crippen molar-refractivity contribution >= 4 is 17.6 Å². The number of benzene rings is 1. The summed E-state index contributed by atoms with van der Waals surface area (Å²) in [6.45, 7) is -0.222. The lowest BCUT2D eigenvalue weighted by Crippen LogP contribution is -2.30. The highest BCUT2D eigenvalue weighted by molar-refractivity contribution is 5.94. The molecular formula is C15H15N3O4. The first-order valence-corrected chi connectivity index (χ1v) is 6.43. The first-order valence-electron chi connectivity index (χ1n) is 6.43. The lowest BCUT2D eigenvalue weighted by atomic mass is 10.3. The van der Waals surface area contributed by atoms with Crippen LogP contribution in [0.3, 0.4) is 0 Å². The predicted molar refractivity (Wildman–Crippen MR) is 79.5 cm³/mol. The van der Waals surface area contributed by atoms with Crippen LogP contribution < -0.4 is 15.8 Å². The molecule has 3 N–H and O–H groups in total. The Hall–Kier alpha value is -3.09. The van der Waals surface area contributed by atoms with E-state index in [-0.39, 0.29) is 12.2 Å². The Balaban J connectivity index is 2.04. The molecule has 7 heteroatoms. The lowest BCUT2D eigenvalue weighted by molar-refractivity contribution is -0.139. The lowest BCUT2D eigenvalue weighted by Gasteiger charge is -2.07. The van der Waals surface area contributed by atoms with E-state index < -0.39 is 11.9 Å². The fraction of sp³-hybridized carbons (Fsp3) is 0.133. The zero-order chi connectivity index (χ0) is 15.9. The van der Waals surface area contributed by atoms with Crippen molar-refractivity contribution in [2.45, 2.75) is 0 Å². The molecule has 1 heterocycles. The normalized spacial score (nSPS) is 9.86. The van der Waals surface area contributed by atoms with Crippen LogP contribution >= 0.6 is 0 Å². The van der Waals surface area contributed by atoms with Gasteiger partial charge in [-0.2, -0.15) is 0 Å². The monoisotopic (exact) mass is 301 g/mol. The number of nitrogens with two attached hydrogens (primary N) is 1. The Labute approximate surface area is 127 Å². The summed E-state index contributed by atoms with van der Waals surface area (Å²) in [6, 6.07) is 9.94. The zero-order valence-electron chi connectivity index (χ0n) is 11.9. The molecule has 0 saturated heterocycles. The molecule has 0 aliphatic carbocycles. The van der Waals surface area contributed by atoms with E-state index in [0.717, 1.165) is 0 Å². The summed E-state index contributed by atoms with van der Waals surface area (Å²) in [5.74, 6) is 0.0000865. The van der Waals surface area contributed by atoms with Crippen molar-refractivity contribution in [2.24, 2.45) is 0 Å². The molecule has 1 amide bonds. The molecular weight excluding hydrogens is 286 g/mol. The largest absolute Gasteiger partial charge is 0.468 e. The molecule has 1 aromatic heterocycles. The fourth-order valence-electron chi connectivity index (χ4n) is 1.59. The van der Waals surface area contributed by atoms with E-state index in [2.05, 4.69) is 15.0 Å². The van der Waals surface area contributed by atoms with Crippen molar-refractivity contribution in [1.29, 1.82) is 0 Å². The van der Waals surface area contributed by atoms with Gasteiger partial charge in [0.1, 0.15) is 23.7 Å². The van der Waals surface area contributed by atoms with Crippen molar-refractivity contribution in [1.82, 2.24) is 10.3 Å². The molecule has 0 atom stereocenters. The van der Waals surface area contributed by atoms with Gasteiger partial charge in [0, 0.05) is 18.0 Å². The maximum atomic E-state index is 11.9. The summed E-state index contributed by atoms with van der Waals surface area (Å²) in [7, 11) is 1.24. The first-order chi connectivity index (χ1) is 10.6. The molecule has 0 radical (unpaired) electrons. The van der Waals surface area contributed by atoms with Gasteiger partial charge in [0.2, 0.25) is 0 Å². The van der Waals surface area contributed by atoms with Crippen LogP contribution in [0.25, 0.3) is 0 Å². The Morgan fingerprint density at radius 1 is 1.18 bits per heavy atom. The molecule has 114 valence electrons. The number of rotatable bonds is 5. The van der Waals surface area contributed by atoms with Gasteiger partial charge in [-0.1, -0.05) is 0 Å². The summed E-state index contributed by atoms with van der Waals surface area (Å²) in [5.41, 5.74) is 6.36. The van der Waals surface area contributed by atoms with E-state index in [1.807, 2.05) is 0 Å². The summed E-state index contributed by atoms with van der Waals surface area (Å²) in [6.07, 6.45) is 1.44. The van der Waals surface area contributed by atoms with Gasteiger partial charge >= 0.3 is 5.97 Å². The van der Waals surface area contributed by atoms with E-state index in [0.29, 0.717) is 17.2 Å². The topological polar surface area (TPSA) is 104 Å². The number of carbonyl (C=O) groups excluding carboxylic acids is 2. The van der Waals surface area contributed by atoms with Gasteiger partial charge in [0.05, 0.1) is 7.11 Å². The molecule has 0 aliphatic rings. The number of ether oxygens (including phenoxy) is 2. The van der Waals surface area contributed by atoms with E-state index in [9.17, 15) is 9.59 Å². The van der Waals surface area contributed by atoms with Gasteiger partial charge in [-0.05, 0) is 30.3 Å². The predicted octanol–water partition coefficient (Wildman–Crippen LogP) is 1.36. The third-order valence-corrected chi connectivity index (χ3v) is 2.70. The van der Waals surface area contributed by atoms with E-state index in [4.69, 9.17) is 10.5 Å². The molecule has 22 heavy (non-hydrogen) atoms. The number of nitrogen functional groups attached to an aromatic ring is 1. The molecule has 2 aromatic rings. The van der Waals surface area contributed by atoms with Crippen LogP contribution in [0.2, 0.25) is 0 Å². The van der Waals surface area contributed by atoms with Gasteiger partial charge in [-0.3, -0.25) is 14.6 Å². The average Bonchev–Trinajstić information content (AvgIpc) is 2.54. The Bertz CT molecular complexity index is 671. The van der Waals surface area contributed by atoms with Crippen LogP contribution in [0.4, 0.5) is 5.69 Å². The van der Waals surface area contributed by atoms with Crippen LogP contribution in [0.15, 0.2) is 42.6 Å². The molecule has 0 saturated carbocycles. The summed E-state index contributed by atoms with van der Waals surface area (Å²) in [5, 5.41) is 2.40. The van der Waals surface area contributed by atoms with Crippen LogP contribution in [-0.4, -0.2) is 30.5 Å². The summed E-state index contributed by atoms with van der Waals surface area (Å²) >= 11 is 0. The van der Waals surface area contributed by atoms with Crippen molar-refractivity contribution in [2.75, 3.05) is 19.4 Å². The maximum Gasteiger partial charge on any atom is 0.325 e. The number of methoxy groups -OCH3 is 1. The number of carbonyl (C=O) groups is 2. The minimum absolute atomic E-state index is 0.136. The average molecular weight is 301 g/mol. The Kier molecular flexibility index (Phi) is 4.92. The summed E-state index contributed by atoms with van der Waals surface area (Å²) in [4.78, 5) is 26.8. The van der Waals surface area contributed by atoms with E-state index in [1.54, 1.807) is 30.3 Å². The number of pyridine rings is 1. The molecule has 0 aliphatic heterocycles. The van der Waals surface area contributed by atoms with Gasteiger partial charge < -0.3 is 20.5 Å². The maximum absolute atomic E-state index is 11.9. The van der Waals surface area contributed by atoms with E-state index in [1.165, 1.54) is 19.4 Å². The van der Waals surface area contributed by atoms with Gasteiger partial charge in [-0.25, -0.2) is 0 Å². The molecule has 1 aromatic carbocycles. The second kappa shape index (κ2) is 7.07. The number of amides is 1. The third-order valence-electron chi connectivity index (χ3n) is 2.70. The van der Waals surface area contributed by atoms with E-state index >= 15 is 0 Å². The number of hydrogen-bond donors (Lipinski definition) is 2. The molecule has 7 nitrogen and oxygen atoms in total. The Morgan fingerprint density at radius 3 is 2.59 bits per heavy atom. The zero-order valence-corrected chi connectivity index (χ0v) is 11.9. The highest BCUT2D eigenvalue weighted by atomic mass is 16.5. The van der Waals surface area contributed by atoms with Crippen LogP contribution in [-0.2, 0) is 9.53 Å². The van der Waals surface area contributed by atoms with Gasteiger partial charge in [0.25, 0.3) is 5.91 Å². The molecule has 0 unspecified atom stereocenters. The molecule has 2 rings (SSSR count). The third kappa shape index (κ3) is 4.20. The second-order valence-corrected chi connectivity index (χ2v) is 4.31. The molecule has 0 spiro atoms. The van der Waals surface area contributed by atoms with Crippen LogP contribution in [0.1, 0.15) is 10.5 Å². The number of nitrogens with one attached hydrogen (secondary N) is 1.